The van der Waals surface area contributed by atoms with Crippen molar-refractivity contribution in [3.63, 3.8) is 0 Å². The fraction of sp³-hybridized carbons (Fsp3) is 0.393. The van der Waals surface area contributed by atoms with Crippen molar-refractivity contribution < 1.29 is 28.6 Å². The third-order valence-corrected chi connectivity index (χ3v) is 4.95. The second kappa shape index (κ2) is 14.6. The van der Waals surface area contributed by atoms with Gasteiger partial charge in [-0.2, -0.15) is 0 Å². The largest absolute Gasteiger partial charge is 0.497 e. The molecule has 0 fully saturated rings. The maximum atomic E-state index is 13.2. The molecular weight excluding hydrogens is 460 g/mol. The molecule has 0 bridgehead atoms. The van der Waals surface area contributed by atoms with Gasteiger partial charge in [-0.05, 0) is 57.0 Å². The summed E-state index contributed by atoms with van der Waals surface area (Å²) in [4.78, 5) is 39.0. The number of methoxy groups -OCH3 is 1. The third-order valence-electron chi connectivity index (χ3n) is 4.95. The lowest BCUT2D eigenvalue weighted by Crippen LogP contribution is -2.41. The van der Waals surface area contributed by atoms with Gasteiger partial charge in [-0.1, -0.05) is 42.5 Å². The first-order valence-corrected chi connectivity index (χ1v) is 11.9. The molecule has 0 spiro atoms. The average molecular weight is 497 g/mol. The van der Waals surface area contributed by atoms with Crippen LogP contribution in [0.3, 0.4) is 0 Å². The molecular formula is C28H36N2O6. The second-order valence-corrected chi connectivity index (χ2v) is 9.08. The second-order valence-electron chi connectivity index (χ2n) is 9.08. The molecule has 8 heteroatoms. The minimum absolute atomic E-state index is 0.164. The van der Waals surface area contributed by atoms with Gasteiger partial charge in [0.1, 0.15) is 18.0 Å². The Morgan fingerprint density at radius 2 is 1.64 bits per heavy atom. The number of nitrogens with zero attached hydrogens (tertiary/aromatic N) is 1. The molecule has 0 saturated carbocycles. The highest BCUT2D eigenvalue weighted by atomic mass is 16.6. The summed E-state index contributed by atoms with van der Waals surface area (Å²) in [5.74, 6) is 0.198. The van der Waals surface area contributed by atoms with Crippen molar-refractivity contribution in [3.8, 4) is 5.75 Å². The molecule has 1 N–H and O–H groups in total. The van der Waals surface area contributed by atoms with Crippen molar-refractivity contribution in [1.29, 1.82) is 0 Å². The number of esters is 1. The van der Waals surface area contributed by atoms with Crippen molar-refractivity contribution in [1.82, 2.24) is 10.2 Å². The molecule has 1 aromatic rings. The molecule has 0 aromatic heterocycles. The number of hydrogen-bond acceptors (Lipinski definition) is 6. The topological polar surface area (TPSA) is 94.2 Å². The lowest BCUT2D eigenvalue weighted by atomic mass is 10.1. The Balaban J connectivity index is 1.90. The summed E-state index contributed by atoms with van der Waals surface area (Å²) >= 11 is 0. The molecule has 194 valence electrons. The van der Waals surface area contributed by atoms with Crippen LogP contribution < -0.4 is 10.1 Å². The molecule has 36 heavy (non-hydrogen) atoms. The molecule has 1 aromatic carbocycles. The van der Waals surface area contributed by atoms with Crippen molar-refractivity contribution in [2.24, 2.45) is 0 Å². The zero-order chi connectivity index (χ0) is 26.4. The van der Waals surface area contributed by atoms with E-state index in [0.29, 0.717) is 18.5 Å². The molecule has 0 aliphatic heterocycles. The van der Waals surface area contributed by atoms with Gasteiger partial charge in [0, 0.05) is 31.6 Å². The molecule has 0 saturated heterocycles. The number of benzene rings is 1. The predicted molar refractivity (Wildman–Crippen MR) is 138 cm³/mol. The summed E-state index contributed by atoms with van der Waals surface area (Å²) in [6, 6.07) is 7.29. The first-order chi connectivity index (χ1) is 17.2. The van der Waals surface area contributed by atoms with Gasteiger partial charge in [-0.15, -0.1) is 0 Å². The molecule has 2 rings (SSSR count). The van der Waals surface area contributed by atoms with Gasteiger partial charge in [-0.25, -0.2) is 4.79 Å². The Morgan fingerprint density at radius 1 is 0.944 bits per heavy atom. The van der Waals surface area contributed by atoms with E-state index in [-0.39, 0.29) is 38.0 Å². The Kier molecular flexibility index (Phi) is 11.5. The maximum absolute atomic E-state index is 13.2. The number of amides is 2. The molecule has 0 atom stereocenters. The van der Waals surface area contributed by atoms with Crippen molar-refractivity contribution in [3.05, 3.63) is 77.9 Å². The standard InChI is InChI=1S/C28H36N2O6/c1-28(2,3)36-27(33)29-18-20-30(26(32)23-11-8-6-5-7-9-12-23)19-10-13-25(31)35-21-22-14-16-24(34-4)17-15-22/h5-9,11-12,14-17H,10,13,18-21H2,1-4H3,(H,29,33). The quantitative estimate of drug-likeness (QED) is 0.454. The van der Waals surface area contributed by atoms with E-state index >= 15 is 0 Å². The van der Waals surface area contributed by atoms with Crippen molar-refractivity contribution in [2.75, 3.05) is 26.7 Å². The van der Waals surface area contributed by atoms with Crippen LogP contribution in [0.15, 0.2) is 72.4 Å². The predicted octanol–water partition coefficient (Wildman–Crippen LogP) is 4.48. The molecule has 8 nitrogen and oxygen atoms in total. The zero-order valence-corrected chi connectivity index (χ0v) is 21.5. The SMILES string of the molecule is COc1ccc(COC(=O)CCCN(CCNC(=O)OC(C)(C)C)C(=O)C2=CC=CC=CC=C2)cc1. The van der Waals surface area contributed by atoms with E-state index in [4.69, 9.17) is 14.2 Å². The van der Waals surface area contributed by atoms with E-state index in [1.54, 1.807) is 57.1 Å². The summed E-state index contributed by atoms with van der Waals surface area (Å²) < 4.78 is 15.7. The molecule has 2 amide bonds. The van der Waals surface area contributed by atoms with Gasteiger partial charge in [0.05, 0.1) is 7.11 Å². The number of carbonyl (C=O) groups excluding carboxylic acids is 3. The molecule has 0 radical (unpaired) electrons. The van der Waals surface area contributed by atoms with Gasteiger partial charge in [-0.3, -0.25) is 9.59 Å². The van der Waals surface area contributed by atoms with Crippen LogP contribution in [0, 0.1) is 0 Å². The number of rotatable bonds is 11. The molecule has 0 unspecified atom stereocenters. The van der Waals surface area contributed by atoms with E-state index in [0.717, 1.165) is 11.3 Å². The summed E-state index contributed by atoms with van der Waals surface area (Å²) in [7, 11) is 1.59. The van der Waals surface area contributed by atoms with Gasteiger partial charge in [0.15, 0.2) is 0 Å². The number of alkyl carbamates (subject to hydrolysis) is 1. The Labute approximate surface area is 213 Å². The first-order valence-electron chi connectivity index (χ1n) is 11.9. The van der Waals surface area contributed by atoms with Gasteiger partial charge in [0.25, 0.3) is 5.91 Å². The summed E-state index contributed by atoms with van der Waals surface area (Å²) in [5.41, 5.74) is 0.759. The Morgan fingerprint density at radius 3 is 2.33 bits per heavy atom. The molecule has 1 aliphatic carbocycles. The lowest BCUT2D eigenvalue weighted by molar-refractivity contribution is -0.145. The molecule has 1 aliphatic rings. The average Bonchev–Trinajstić information content (AvgIpc) is 2.80. The summed E-state index contributed by atoms with van der Waals surface area (Å²) in [5, 5.41) is 2.68. The summed E-state index contributed by atoms with van der Waals surface area (Å²) in [6.07, 6.45) is 12.6. The van der Waals surface area contributed by atoms with Crippen molar-refractivity contribution >= 4 is 18.0 Å². The number of carbonyl (C=O) groups is 3. The normalized spacial score (nSPS) is 12.7. The van der Waals surface area contributed by atoms with E-state index in [1.807, 2.05) is 42.5 Å². The summed E-state index contributed by atoms with van der Waals surface area (Å²) in [6.45, 7) is 6.33. The highest BCUT2D eigenvalue weighted by Crippen LogP contribution is 2.13. The Hall–Kier alpha value is -3.81. The third kappa shape index (κ3) is 11.1. The minimum atomic E-state index is -0.611. The number of allylic oxidation sites excluding steroid dienone is 6. The fourth-order valence-corrected chi connectivity index (χ4v) is 3.19. The van der Waals surface area contributed by atoms with Crippen LogP contribution in [0.2, 0.25) is 0 Å². The van der Waals surface area contributed by atoms with Crippen LogP contribution >= 0.6 is 0 Å². The van der Waals surface area contributed by atoms with Crippen LogP contribution in [-0.2, 0) is 25.7 Å². The monoisotopic (exact) mass is 496 g/mol. The van der Waals surface area contributed by atoms with Crippen LogP contribution in [0.5, 0.6) is 5.75 Å². The fourth-order valence-electron chi connectivity index (χ4n) is 3.19. The molecule has 0 heterocycles. The zero-order valence-electron chi connectivity index (χ0n) is 21.5. The lowest BCUT2D eigenvalue weighted by Gasteiger charge is -2.24. The van der Waals surface area contributed by atoms with Crippen molar-refractivity contribution in [2.45, 2.75) is 45.8 Å². The van der Waals surface area contributed by atoms with Crippen LogP contribution in [-0.4, -0.2) is 55.2 Å². The van der Waals surface area contributed by atoms with Gasteiger partial charge >= 0.3 is 12.1 Å². The van der Waals surface area contributed by atoms with Crippen LogP contribution in [0.4, 0.5) is 4.79 Å². The maximum Gasteiger partial charge on any atom is 0.407 e. The smallest absolute Gasteiger partial charge is 0.407 e. The van der Waals surface area contributed by atoms with E-state index in [9.17, 15) is 14.4 Å². The number of hydrogen-bond donors (Lipinski definition) is 1. The minimum Gasteiger partial charge on any atom is -0.497 e. The first kappa shape index (κ1) is 28.4. The number of ether oxygens (including phenoxy) is 3. The van der Waals surface area contributed by atoms with Crippen LogP contribution in [0.1, 0.15) is 39.2 Å². The van der Waals surface area contributed by atoms with Gasteiger partial charge in [0.2, 0.25) is 0 Å². The highest BCUT2D eigenvalue weighted by molar-refractivity contribution is 5.96. The van der Waals surface area contributed by atoms with E-state index in [2.05, 4.69) is 5.32 Å². The van der Waals surface area contributed by atoms with E-state index in [1.165, 1.54) is 0 Å². The highest BCUT2D eigenvalue weighted by Gasteiger charge is 2.19. The number of nitrogens with one attached hydrogen (secondary N) is 1. The van der Waals surface area contributed by atoms with Gasteiger partial charge < -0.3 is 24.4 Å². The Bertz CT molecular complexity index is 1000. The van der Waals surface area contributed by atoms with Crippen LogP contribution in [0.25, 0.3) is 0 Å². The van der Waals surface area contributed by atoms with E-state index < -0.39 is 11.7 Å².